The standard InChI is InChI=1S/C16H32N2O/c1-6-14-10-19-13(4)9-18(14)16-12(3)7-11(2)8-15(16)17-5/h11-17H,6-10H2,1-5H3. The number of ether oxygens (including phenoxy) is 1. The molecule has 0 aromatic heterocycles. The van der Waals surface area contributed by atoms with Crippen LogP contribution in [0.3, 0.4) is 0 Å². The SMILES string of the molecule is CCC1COC(C)CN1C1C(C)CC(C)CC1NC. The van der Waals surface area contributed by atoms with Gasteiger partial charge in [-0.1, -0.05) is 20.8 Å². The fourth-order valence-electron chi connectivity index (χ4n) is 4.27. The maximum absolute atomic E-state index is 5.87. The molecule has 3 heteroatoms. The number of hydrogen-bond donors (Lipinski definition) is 1. The fourth-order valence-corrected chi connectivity index (χ4v) is 4.27. The van der Waals surface area contributed by atoms with Crippen molar-refractivity contribution in [1.82, 2.24) is 10.2 Å². The number of nitrogens with zero attached hydrogens (tertiary/aromatic N) is 1. The third-order valence-electron chi connectivity index (χ3n) is 5.16. The Morgan fingerprint density at radius 1 is 1.21 bits per heavy atom. The first-order chi connectivity index (χ1) is 9.06. The average Bonchev–Trinajstić information content (AvgIpc) is 2.37. The minimum atomic E-state index is 0.381. The fraction of sp³-hybridized carbons (Fsp3) is 1.00. The molecule has 6 unspecified atom stereocenters. The summed E-state index contributed by atoms with van der Waals surface area (Å²) in [5.41, 5.74) is 0. The average molecular weight is 268 g/mol. The molecule has 0 aromatic rings. The number of morpholine rings is 1. The van der Waals surface area contributed by atoms with Crippen LogP contribution in [0.25, 0.3) is 0 Å². The predicted molar refractivity (Wildman–Crippen MR) is 80.4 cm³/mol. The van der Waals surface area contributed by atoms with E-state index in [1.54, 1.807) is 0 Å². The molecule has 0 bridgehead atoms. The Balaban J connectivity index is 2.15. The van der Waals surface area contributed by atoms with Crippen molar-refractivity contribution in [2.24, 2.45) is 11.8 Å². The van der Waals surface area contributed by atoms with Crippen LogP contribution in [0.2, 0.25) is 0 Å². The lowest BCUT2D eigenvalue weighted by Crippen LogP contribution is -2.62. The van der Waals surface area contributed by atoms with E-state index in [4.69, 9.17) is 4.74 Å². The minimum Gasteiger partial charge on any atom is -0.376 e. The number of likely N-dealkylation sites (N-methyl/N-ethyl adjacent to an activating group) is 1. The van der Waals surface area contributed by atoms with Gasteiger partial charge in [-0.3, -0.25) is 4.90 Å². The summed E-state index contributed by atoms with van der Waals surface area (Å²) in [6.45, 7) is 11.4. The van der Waals surface area contributed by atoms with E-state index in [0.29, 0.717) is 24.2 Å². The van der Waals surface area contributed by atoms with Crippen molar-refractivity contribution in [2.45, 2.75) is 71.2 Å². The molecule has 1 aliphatic heterocycles. The van der Waals surface area contributed by atoms with Gasteiger partial charge in [0.1, 0.15) is 0 Å². The smallest absolute Gasteiger partial charge is 0.0674 e. The Bertz CT molecular complexity index is 284. The van der Waals surface area contributed by atoms with Crippen LogP contribution in [0.4, 0.5) is 0 Å². The summed E-state index contributed by atoms with van der Waals surface area (Å²) in [6, 6.07) is 1.92. The van der Waals surface area contributed by atoms with Crippen LogP contribution in [0.15, 0.2) is 0 Å². The van der Waals surface area contributed by atoms with Crippen molar-refractivity contribution in [3.05, 3.63) is 0 Å². The molecular weight excluding hydrogens is 236 g/mol. The quantitative estimate of drug-likeness (QED) is 0.851. The summed E-state index contributed by atoms with van der Waals surface area (Å²) in [4.78, 5) is 2.76. The first-order valence-electron chi connectivity index (χ1n) is 8.11. The molecule has 0 spiro atoms. The molecule has 1 aliphatic carbocycles. The van der Waals surface area contributed by atoms with Crippen LogP contribution >= 0.6 is 0 Å². The van der Waals surface area contributed by atoms with Gasteiger partial charge in [0.15, 0.2) is 0 Å². The van der Waals surface area contributed by atoms with Gasteiger partial charge in [-0.15, -0.1) is 0 Å². The molecule has 2 aliphatic rings. The lowest BCUT2D eigenvalue weighted by molar-refractivity contribution is -0.0941. The van der Waals surface area contributed by atoms with Gasteiger partial charge < -0.3 is 10.1 Å². The molecule has 3 nitrogen and oxygen atoms in total. The monoisotopic (exact) mass is 268 g/mol. The lowest BCUT2D eigenvalue weighted by Gasteiger charge is -2.51. The topological polar surface area (TPSA) is 24.5 Å². The Labute approximate surface area is 119 Å². The zero-order chi connectivity index (χ0) is 14.0. The van der Waals surface area contributed by atoms with Gasteiger partial charge in [0, 0.05) is 24.7 Å². The van der Waals surface area contributed by atoms with Crippen LogP contribution in [-0.2, 0) is 4.74 Å². The minimum absolute atomic E-state index is 0.381. The number of nitrogens with one attached hydrogen (secondary N) is 1. The van der Waals surface area contributed by atoms with E-state index in [2.05, 4.69) is 45.0 Å². The second kappa shape index (κ2) is 6.55. The van der Waals surface area contributed by atoms with Crippen LogP contribution < -0.4 is 5.32 Å². The van der Waals surface area contributed by atoms with E-state index in [0.717, 1.165) is 25.0 Å². The van der Waals surface area contributed by atoms with E-state index in [1.807, 2.05) is 0 Å². The van der Waals surface area contributed by atoms with Crippen molar-refractivity contribution in [2.75, 3.05) is 20.2 Å². The molecule has 1 N–H and O–H groups in total. The highest BCUT2D eigenvalue weighted by Crippen LogP contribution is 2.34. The Morgan fingerprint density at radius 2 is 1.95 bits per heavy atom. The van der Waals surface area contributed by atoms with E-state index < -0.39 is 0 Å². The van der Waals surface area contributed by atoms with Gasteiger partial charge in [-0.25, -0.2) is 0 Å². The van der Waals surface area contributed by atoms with Gasteiger partial charge in [-0.05, 0) is 45.1 Å². The van der Waals surface area contributed by atoms with Gasteiger partial charge in [0.05, 0.1) is 12.7 Å². The molecule has 0 aromatic carbocycles. The number of rotatable bonds is 3. The van der Waals surface area contributed by atoms with E-state index in [9.17, 15) is 0 Å². The van der Waals surface area contributed by atoms with Crippen molar-refractivity contribution < 1.29 is 4.74 Å². The zero-order valence-corrected chi connectivity index (χ0v) is 13.4. The first kappa shape index (κ1) is 15.3. The summed E-state index contributed by atoms with van der Waals surface area (Å²) in [5, 5.41) is 3.59. The molecule has 1 saturated heterocycles. The maximum Gasteiger partial charge on any atom is 0.0674 e. The summed E-state index contributed by atoms with van der Waals surface area (Å²) in [7, 11) is 2.13. The highest BCUT2D eigenvalue weighted by atomic mass is 16.5. The Morgan fingerprint density at radius 3 is 2.58 bits per heavy atom. The summed E-state index contributed by atoms with van der Waals surface area (Å²) in [6.07, 6.45) is 4.26. The van der Waals surface area contributed by atoms with Crippen LogP contribution in [0, 0.1) is 11.8 Å². The Kier molecular flexibility index (Phi) is 5.27. The highest BCUT2D eigenvalue weighted by molar-refractivity contribution is 4.96. The summed E-state index contributed by atoms with van der Waals surface area (Å²) >= 11 is 0. The molecule has 19 heavy (non-hydrogen) atoms. The molecule has 1 saturated carbocycles. The van der Waals surface area contributed by atoms with Crippen LogP contribution in [0.1, 0.15) is 47.0 Å². The summed E-state index contributed by atoms with van der Waals surface area (Å²) in [5.74, 6) is 1.63. The van der Waals surface area contributed by atoms with Crippen molar-refractivity contribution in [1.29, 1.82) is 0 Å². The molecule has 2 fully saturated rings. The van der Waals surface area contributed by atoms with Gasteiger partial charge >= 0.3 is 0 Å². The largest absolute Gasteiger partial charge is 0.376 e. The molecule has 6 atom stereocenters. The second-order valence-electron chi connectivity index (χ2n) is 6.84. The number of hydrogen-bond acceptors (Lipinski definition) is 3. The van der Waals surface area contributed by atoms with E-state index in [-0.39, 0.29) is 0 Å². The van der Waals surface area contributed by atoms with Gasteiger partial charge in [0.25, 0.3) is 0 Å². The van der Waals surface area contributed by atoms with Crippen LogP contribution in [0.5, 0.6) is 0 Å². The lowest BCUT2D eigenvalue weighted by atomic mass is 9.75. The Hall–Kier alpha value is -0.120. The third kappa shape index (κ3) is 3.32. The zero-order valence-electron chi connectivity index (χ0n) is 13.4. The normalized spacial score (nSPS) is 45.3. The maximum atomic E-state index is 5.87. The highest BCUT2D eigenvalue weighted by Gasteiger charge is 2.41. The van der Waals surface area contributed by atoms with E-state index in [1.165, 1.54) is 19.3 Å². The molecule has 0 radical (unpaired) electrons. The van der Waals surface area contributed by atoms with Crippen LogP contribution in [-0.4, -0.2) is 49.3 Å². The predicted octanol–water partition coefficient (Wildman–Crippen LogP) is 2.51. The molecule has 0 amide bonds. The molecule has 2 rings (SSSR count). The van der Waals surface area contributed by atoms with Crippen molar-refractivity contribution in [3.63, 3.8) is 0 Å². The summed E-state index contributed by atoms with van der Waals surface area (Å²) < 4.78 is 5.87. The van der Waals surface area contributed by atoms with E-state index >= 15 is 0 Å². The van der Waals surface area contributed by atoms with Crippen molar-refractivity contribution >= 4 is 0 Å². The molecular formula is C16H32N2O. The van der Waals surface area contributed by atoms with Gasteiger partial charge in [0.2, 0.25) is 0 Å². The molecule has 112 valence electrons. The molecule has 1 heterocycles. The second-order valence-corrected chi connectivity index (χ2v) is 6.84. The van der Waals surface area contributed by atoms with Gasteiger partial charge in [-0.2, -0.15) is 0 Å². The van der Waals surface area contributed by atoms with Crippen molar-refractivity contribution in [3.8, 4) is 0 Å². The third-order valence-corrected chi connectivity index (χ3v) is 5.16. The first-order valence-corrected chi connectivity index (χ1v) is 8.11.